The highest BCUT2D eigenvalue weighted by atomic mass is 35.5. The molecule has 14 heavy (non-hydrogen) atoms. The molecule has 0 saturated heterocycles. The van der Waals surface area contributed by atoms with Crippen LogP contribution in [0.5, 0.6) is 0 Å². The predicted molar refractivity (Wildman–Crippen MR) is 55.6 cm³/mol. The minimum absolute atomic E-state index is 0.0482. The van der Waals surface area contributed by atoms with Gasteiger partial charge >= 0.3 is 0 Å². The lowest BCUT2D eigenvalue weighted by atomic mass is 10.0. The fraction of sp³-hybridized carbons (Fsp3) is 0.111. The Bertz CT molecular complexity index is 439. The van der Waals surface area contributed by atoms with Gasteiger partial charge in [0, 0.05) is 0 Å². The van der Waals surface area contributed by atoms with E-state index >= 15 is 0 Å². The van der Waals surface area contributed by atoms with Gasteiger partial charge in [-0.3, -0.25) is 0 Å². The molecule has 0 heterocycles. The van der Waals surface area contributed by atoms with Crippen LogP contribution in [-0.4, -0.2) is 0 Å². The van der Waals surface area contributed by atoms with Gasteiger partial charge in [-0.1, -0.05) is 34.8 Å². The summed E-state index contributed by atoms with van der Waals surface area (Å²) in [6, 6.07) is 3.76. The van der Waals surface area contributed by atoms with Crippen LogP contribution >= 0.6 is 34.8 Å². The maximum atomic E-state index is 8.79. The minimum Gasteiger partial charge on any atom is -0.192 e. The van der Waals surface area contributed by atoms with Gasteiger partial charge in [0.15, 0.2) is 0 Å². The summed E-state index contributed by atoms with van der Waals surface area (Å²) in [5, 5.41) is 17.8. The molecule has 0 N–H and O–H groups in total. The first kappa shape index (κ1) is 11.1. The molecule has 0 atom stereocenters. The van der Waals surface area contributed by atoms with Gasteiger partial charge in [0.1, 0.15) is 12.1 Å². The maximum absolute atomic E-state index is 8.79. The van der Waals surface area contributed by atoms with Crippen LogP contribution in [0.2, 0.25) is 15.1 Å². The zero-order valence-corrected chi connectivity index (χ0v) is 9.30. The van der Waals surface area contributed by atoms with Crippen molar-refractivity contribution >= 4 is 34.8 Å². The number of hydrogen-bond donors (Lipinski definition) is 0. The van der Waals surface area contributed by atoms with Crippen LogP contribution < -0.4 is 0 Å². The normalized spacial score (nSPS) is 9.29. The first-order valence-electron chi connectivity index (χ1n) is 3.51. The highest BCUT2D eigenvalue weighted by Crippen LogP contribution is 2.37. The van der Waals surface area contributed by atoms with Crippen LogP contribution in [0.1, 0.15) is 16.7 Å². The second-order valence-electron chi connectivity index (χ2n) is 2.54. The summed E-state index contributed by atoms with van der Waals surface area (Å²) in [5.41, 5.74) is 0.838. The Balaban J connectivity index is 3.78. The van der Waals surface area contributed by atoms with Gasteiger partial charge in [-0.05, 0) is 12.5 Å². The van der Waals surface area contributed by atoms with Crippen molar-refractivity contribution in [1.82, 2.24) is 0 Å². The van der Waals surface area contributed by atoms with Gasteiger partial charge in [-0.15, -0.1) is 0 Å². The minimum atomic E-state index is 0.0482. The molecule has 0 spiro atoms. The van der Waals surface area contributed by atoms with Crippen LogP contribution in [-0.2, 0) is 0 Å². The van der Waals surface area contributed by atoms with Gasteiger partial charge in [0.25, 0.3) is 0 Å². The Morgan fingerprint density at radius 3 is 1.50 bits per heavy atom. The van der Waals surface area contributed by atoms with E-state index < -0.39 is 0 Å². The highest BCUT2D eigenvalue weighted by Gasteiger charge is 2.18. The van der Waals surface area contributed by atoms with E-state index in [2.05, 4.69) is 0 Å². The maximum Gasteiger partial charge on any atom is 0.101 e. The van der Waals surface area contributed by atoms with Gasteiger partial charge in [0.05, 0.1) is 26.2 Å². The molecule has 0 radical (unpaired) electrons. The van der Waals surface area contributed by atoms with Crippen molar-refractivity contribution in [3.63, 3.8) is 0 Å². The van der Waals surface area contributed by atoms with E-state index in [-0.39, 0.29) is 26.2 Å². The molecule has 0 unspecified atom stereocenters. The summed E-state index contributed by atoms with van der Waals surface area (Å²) in [7, 11) is 0. The Kier molecular flexibility index (Phi) is 3.24. The Labute approximate surface area is 96.2 Å². The molecule has 1 rings (SSSR count). The van der Waals surface area contributed by atoms with Crippen LogP contribution in [0.4, 0.5) is 0 Å². The Hall–Kier alpha value is -0.930. The first-order chi connectivity index (χ1) is 6.54. The van der Waals surface area contributed by atoms with Crippen molar-refractivity contribution < 1.29 is 0 Å². The molecule has 1 aromatic rings. The van der Waals surface area contributed by atoms with Crippen LogP contribution in [0, 0.1) is 29.6 Å². The molecule has 0 aliphatic rings. The largest absolute Gasteiger partial charge is 0.192 e. The molecule has 2 nitrogen and oxygen atoms in total. The van der Waals surface area contributed by atoms with Gasteiger partial charge in [-0.25, -0.2) is 0 Å². The molecule has 0 aromatic heterocycles. The van der Waals surface area contributed by atoms with Crippen molar-refractivity contribution in [3.8, 4) is 12.1 Å². The number of halogens is 3. The van der Waals surface area contributed by atoms with Gasteiger partial charge in [0.2, 0.25) is 0 Å². The van der Waals surface area contributed by atoms with E-state index in [1.165, 1.54) is 0 Å². The molecule has 5 heteroatoms. The molecule has 0 fully saturated rings. The van der Waals surface area contributed by atoms with Crippen molar-refractivity contribution in [2.45, 2.75) is 6.92 Å². The standard InChI is InChI=1S/C9H3Cl3N2/c1-4-5(2-13)7(10)9(12)8(11)6(4)3-14/h1H3. The summed E-state index contributed by atoms with van der Waals surface area (Å²) < 4.78 is 0. The van der Waals surface area contributed by atoms with Gasteiger partial charge < -0.3 is 0 Å². The van der Waals surface area contributed by atoms with Crippen LogP contribution in [0.3, 0.4) is 0 Å². The Morgan fingerprint density at radius 1 is 0.857 bits per heavy atom. The summed E-state index contributed by atoms with van der Waals surface area (Å²) in [6.07, 6.45) is 0. The molecule has 0 bridgehead atoms. The summed E-state index contributed by atoms with van der Waals surface area (Å²) >= 11 is 17.3. The predicted octanol–water partition coefficient (Wildman–Crippen LogP) is 3.70. The van der Waals surface area contributed by atoms with Crippen molar-refractivity contribution in [3.05, 3.63) is 31.8 Å². The van der Waals surface area contributed by atoms with E-state index in [0.717, 1.165) is 0 Å². The fourth-order valence-electron chi connectivity index (χ4n) is 1.04. The molecule has 0 amide bonds. The zero-order chi connectivity index (χ0) is 10.9. The Morgan fingerprint density at radius 2 is 1.21 bits per heavy atom. The number of hydrogen-bond acceptors (Lipinski definition) is 2. The molecule has 0 saturated carbocycles. The summed E-state index contributed by atoms with van der Waals surface area (Å²) in [6.45, 7) is 1.60. The number of benzene rings is 1. The monoisotopic (exact) mass is 244 g/mol. The molecule has 0 aliphatic carbocycles. The third-order valence-corrected chi connectivity index (χ3v) is 3.13. The lowest BCUT2D eigenvalue weighted by Gasteiger charge is -2.07. The molecule has 0 aliphatic heterocycles. The zero-order valence-electron chi connectivity index (χ0n) is 7.03. The van der Waals surface area contributed by atoms with Crippen LogP contribution in [0.25, 0.3) is 0 Å². The third-order valence-electron chi connectivity index (χ3n) is 1.80. The average Bonchev–Trinajstić information content (AvgIpc) is 2.16. The van der Waals surface area contributed by atoms with E-state index in [1.807, 2.05) is 12.1 Å². The van der Waals surface area contributed by atoms with Gasteiger partial charge in [-0.2, -0.15) is 10.5 Å². The molecule has 1 aromatic carbocycles. The summed E-state index contributed by atoms with van der Waals surface area (Å²) in [5.74, 6) is 0. The average molecular weight is 245 g/mol. The van der Waals surface area contributed by atoms with Crippen molar-refractivity contribution in [2.24, 2.45) is 0 Å². The topological polar surface area (TPSA) is 47.6 Å². The van der Waals surface area contributed by atoms with E-state index in [9.17, 15) is 0 Å². The smallest absolute Gasteiger partial charge is 0.101 e. The van der Waals surface area contributed by atoms with Crippen LogP contribution in [0.15, 0.2) is 0 Å². The lowest BCUT2D eigenvalue weighted by Crippen LogP contribution is -1.92. The third kappa shape index (κ3) is 1.53. The van der Waals surface area contributed by atoms with Crippen molar-refractivity contribution in [1.29, 1.82) is 10.5 Å². The molecule has 70 valence electrons. The SMILES string of the molecule is Cc1c(C#N)c(Cl)c(Cl)c(Cl)c1C#N. The highest BCUT2D eigenvalue weighted by molar-refractivity contribution is 6.49. The fourth-order valence-corrected chi connectivity index (χ4v) is 1.83. The van der Waals surface area contributed by atoms with E-state index in [1.54, 1.807) is 6.92 Å². The van der Waals surface area contributed by atoms with E-state index in [0.29, 0.717) is 5.56 Å². The number of rotatable bonds is 0. The lowest BCUT2D eigenvalue weighted by molar-refractivity contribution is 1.35. The quantitative estimate of drug-likeness (QED) is 0.654. The first-order valence-corrected chi connectivity index (χ1v) is 4.65. The summed E-state index contributed by atoms with van der Waals surface area (Å²) in [4.78, 5) is 0. The second-order valence-corrected chi connectivity index (χ2v) is 3.67. The van der Waals surface area contributed by atoms with E-state index in [4.69, 9.17) is 45.3 Å². The second kappa shape index (κ2) is 4.07. The number of nitrogens with zero attached hydrogens (tertiary/aromatic N) is 2. The van der Waals surface area contributed by atoms with Crippen molar-refractivity contribution in [2.75, 3.05) is 0 Å². The molecular weight excluding hydrogens is 242 g/mol. The molecular formula is C9H3Cl3N2. The number of nitriles is 2.